The molecule has 3 aromatic rings. The number of carbonyl (C=O) groups is 1. The molecule has 4 N–H and O–H groups in total. The first-order chi connectivity index (χ1) is 12.5. The normalized spacial score (nSPS) is 11.0. The molecule has 0 radical (unpaired) electrons. The molecule has 0 aliphatic heterocycles. The van der Waals surface area contributed by atoms with Crippen LogP contribution in [0.1, 0.15) is 5.56 Å². The number of rotatable bonds is 7. The van der Waals surface area contributed by atoms with Crippen LogP contribution in [-0.2, 0) is 11.4 Å². The molecule has 136 valence electrons. The minimum Gasteiger partial charge on any atom is -0.484 e. The highest BCUT2D eigenvalue weighted by molar-refractivity contribution is 6.06. The fraction of sp³-hybridized carbons (Fsp3) is 0.235. The van der Waals surface area contributed by atoms with Crippen molar-refractivity contribution in [2.45, 2.75) is 6.61 Å². The topological polar surface area (TPSA) is 141 Å². The SMILES string of the molecule is NCCNC(=O)COc1ccc2c(c1)oc1cc([N+](=O)[O-])c(CO)cc12. The van der Waals surface area contributed by atoms with E-state index in [4.69, 9.17) is 14.9 Å². The number of fused-ring (bicyclic) bond motifs is 3. The molecule has 1 heterocycles. The number of ether oxygens (including phenoxy) is 1. The van der Waals surface area contributed by atoms with E-state index >= 15 is 0 Å². The molecule has 3 rings (SSSR count). The fourth-order valence-corrected chi connectivity index (χ4v) is 2.63. The van der Waals surface area contributed by atoms with Gasteiger partial charge < -0.3 is 25.3 Å². The molecular weight excluding hydrogens is 342 g/mol. The lowest BCUT2D eigenvalue weighted by Gasteiger charge is -2.06. The second-order valence-corrected chi connectivity index (χ2v) is 5.58. The Morgan fingerprint density at radius 1 is 1.27 bits per heavy atom. The third kappa shape index (κ3) is 3.44. The number of benzene rings is 2. The predicted octanol–water partition coefficient (Wildman–Crippen LogP) is 1.44. The van der Waals surface area contributed by atoms with Gasteiger partial charge in [0.25, 0.3) is 11.6 Å². The van der Waals surface area contributed by atoms with E-state index in [9.17, 15) is 20.0 Å². The number of carbonyl (C=O) groups excluding carboxylic acids is 1. The number of nitrogens with one attached hydrogen (secondary N) is 1. The van der Waals surface area contributed by atoms with Gasteiger partial charge in [-0.05, 0) is 18.2 Å². The van der Waals surface area contributed by atoms with Crippen molar-refractivity contribution in [3.8, 4) is 5.75 Å². The van der Waals surface area contributed by atoms with Gasteiger partial charge >= 0.3 is 0 Å². The zero-order valence-electron chi connectivity index (χ0n) is 13.7. The highest BCUT2D eigenvalue weighted by atomic mass is 16.6. The molecule has 9 heteroatoms. The van der Waals surface area contributed by atoms with Gasteiger partial charge in [-0.15, -0.1) is 0 Å². The van der Waals surface area contributed by atoms with Crippen LogP contribution in [0.5, 0.6) is 5.75 Å². The van der Waals surface area contributed by atoms with E-state index in [2.05, 4.69) is 5.32 Å². The Balaban J connectivity index is 1.91. The molecule has 26 heavy (non-hydrogen) atoms. The van der Waals surface area contributed by atoms with Gasteiger partial charge in [0, 0.05) is 29.9 Å². The Hall–Kier alpha value is -3.17. The molecule has 0 aliphatic carbocycles. The molecule has 0 unspecified atom stereocenters. The molecule has 1 amide bonds. The Bertz CT molecular complexity index is 981. The number of furan rings is 1. The van der Waals surface area contributed by atoms with Crippen LogP contribution in [0, 0.1) is 10.1 Å². The quantitative estimate of drug-likeness (QED) is 0.428. The van der Waals surface area contributed by atoms with Gasteiger partial charge in [0.1, 0.15) is 16.9 Å². The van der Waals surface area contributed by atoms with E-state index in [0.29, 0.717) is 35.4 Å². The third-order valence-electron chi connectivity index (χ3n) is 3.85. The Morgan fingerprint density at radius 3 is 2.73 bits per heavy atom. The molecular formula is C17H17N3O6. The molecule has 0 bridgehead atoms. The van der Waals surface area contributed by atoms with Crippen LogP contribution >= 0.6 is 0 Å². The molecule has 1 aromatic heterocycles. The average Bonchev–Trinajstić information content (AvgIpc) is 3.00. The van der Waals surface area contributed by atoms with Crippen LogP contribution in [-0.4, -0.2) is 35.6 Å². The molecule has 0 spiro atoms. The second-order valence-electron chi connectivity index (χ2n) is 5.58. The van der Waals surface area contributed by atoms with Crippen LogP contribution < -0.4 is 15.8 Å². The number of nitrogens with zero attached hydrogens (tertiary/aromatic N) is 1. The highest BCUT2D eigenvalue weighted by Crippen LogP contribution is 2.35. The second kappa shape index (κ2) is 7.38. The van der Waals surface area contributed by atoms with Gasteiger partial charge in [0.2, 0.25) is 0 Å². The van der Waals surface area contributed by atoms with Crippen molar-refractivity contribution in [1.82, 2.24) is 5.32 Å². The van der Waals surface area contributed by atoms with Crippen LogP contribution in [0.2, 0.25) is 0 Å². The highest BCUT2D eigenvalue weighted by Gasteiger charge is 2.18. The zero-order chi connectivity index (χ0) is 18.7. The van der Waals surface area contributed by atoms with Crippen molar-refractivity contribution in [3.63, 3.8) is 0 Å². The van der Waals surface area contributed by atoms with E-state index in [1.165, 1.54) is 6.07 Å². The summed E-state index contributed by atoms with van der Waals surface area (Å²) in [6.45, 7) is 0.110. The summed E-state index contributed by atoms with van der Waals surface area (Å²) in [7, 11) is 0. The van der Waals surface area contributed by atoms with E-state index in [1.54, 1.807) is 24.3 Å². The minimum atomic E-state index is -0.563. The fourth-order valence-electron chi connectivity index (χ4n) is 2.63. The summed E-state index contributed by atoms with van der Waals surface area (Å²) in [6, 6.07) is 7.85. The number of nitro benzene ring substituents is 1. The van der Waals surface area contributed by atoms with Gasteiger partial charge in [0.15, 0.2) is 6.61 Å². The first-order valence-electron chi connectivity index (χ1n) is 7.87. The largest absolute Gasteiger partial charge is 0.484 e. The Labute approximate surface area is 147 Å². The van der Waals surface area contributed by atoms with Gasteiger partial charge in [-0.2, -0.15) is 0 Å². The summed E-state index contributed by atoms with van der Waals surface area (Å²) in [4.78, 5) is 22.1. The summed E-state index contributed by atoms with van der Waals surface area (Å²) in [6.07, 6.45) is 0. The van der Waals surface area contributed by atoms with Crippen molar-refractivity contribution >= 4 is 33.5 Å². The van der Waals surface area contributed by atoms with Gasteiger partial charge in [-0.25, -0.2) is 0 Å². The number of hydrogen-bond donors (Lipinski definition) is 3. The van der Waals surface area contributed by atoms with Crippen LogP contribution in [0.25, 0.3) is 21.9 Å². The number of amides is 1. The monoisotopic (exact) mass is 359 g/mol. The maximum Gasteiger partial charge on any atom is 0.278 e. The maximum atomic E-state index is 11.5. The standard InChI is InChI=1S/C17H17N3O6/c18-3-4-19-17(22)9-25-11-1-2-12-13-5-10(8-21)14(20(23)24)7-16(13)26-15(12)6-11/h1-2,5-7,21H,3-4,8-9,18H2,(H,19,22). The smallest absolute Gasteiger partial charge is 0.278 e. The van der Waals surface area contributed by atoms with Crippen LogP contribution in [0.15, 0.2) is 34.7 Å². The molecule has 2 aromatic carbocycles. The van der Waals surface area contributed by atoms with Gasteiger partial charge in [-0.1, -0.05) is 0 Å². The number of hydrogen-bond acceptors (Lipinski definition) is 7. The van der Waals surface area contributed by atoms with Crippen molar-refractivity contribution < 1.29 is 24.0 Å². The first-order valence-corrected chi connectivity index (χ1v) is 7.87. The average molecular weight is 359 g/mol. The van der Waals surface area contributed by atoms with E-state index in [-0.39, 0.29) is 23.8 Å². The van der Waals surface area contributed by atoms with Crippen molar-refractivity contribution in [2.24, 2.45) is 5.73 Å². The summed E-state index contributed by atoms with van der Waals surface area (Å²) in [5.41, 5.74) is 6.11. The molecule has 0 saturated heterocycles. The summed E-state index contributed by atoms with van der Waals surface area (Å²) >= 11 is 0. The Kier molecular flexibility index (Phi) is 5.01. The van der Waals surface area contributed by atoms with E-state index < -0.39 is 11.5 Å². The zero-order valence-corrected chi connectivity index (χ0v) is 13.7. The molecule has 0 atom stereocenters. The summed E-state index contributed by atoms with van der Waals surface area (Å²) in [5, 5.41) is 24.4. The lowest BCUT2D eigenvalue weighted by molar-refractivity contribution is -0.385. The number of aliphatic hydroxyl groups excluding tert-OH is 1. The molecule has 9 nitrogen and oxygen atoms in total. The lowest BCUT2D eigenvalue weighted by atomic mass is 10.1. The van der Waals surface area contributed by atoms with E-state index in [0.717, 1.165) is 5.39 Å². The predicted molar refractivity (Wildman–Crippen MR) is 93.9 cm³/mol. The first kappa shape index (κ1) is 17.6. The number of aliphatic hydroxyl groups is 1. The molecule has 0 aliphatic rings. The minimum absolute atomic E-state index is 0.161. The molecule has 0 saturated carbocycles. The lowest BCUT2D eigenvalue weighted by Crippen LogP contribution is -2.32. The van der Waals surface area contributed by atoms with E-state index in [1.807, 2.05) is 0 Å². The number of nitro groups is 1. The van der Waals surface area contributed by atoms with Crippen molar-refractivity contribution in [3.05, 3.63) is 46.0 Å². The van der Waals surface area contributed by atoms with Gasteiger partial charge in [-0.3, -0.25) is 14.9 Å². The molecule has 0 fully saturated rings. The third-order valence-corrected chi connectivity index (χ3v) is 3.85. The van der Waals surface area contributed by atoms with Crippen LogP contribution in [0.4, 0.5) is 5.69 Å². The van der Waals surface area contributed by atoms with Crippen molar-refractivity contribution in [2.75, 3.05) is 19.7 Å². The summed E-state index contributed by atoms with van der Waals surface area (Å²) in [5.74, 6) is 0.139. The Morgan fingerprint density at radius 2 is 2.04 bits per heavy atom. The maximum absolute atomic E-state index is 11.5. The van der Waals surface area contributed by atoms with Crippen molar-refractivity contribution in [1.29, 1.82) is 0 Å². The summed E-state index contributed by atoms with van der Waals surface area (Å²) < 4.78 is 11.1. The van der Waals surface area contributed by atoms with Gasteiger partial charge in [0.05, 0.1) is 23.2 Å². The number of nitrogens with two attached hydrogens (primary N) is 1. The van der Waals surface area contributed by atoms with Crippen LogP contribution in [0.3, 0.4) is 0 Å².